The van der Waals surface area contributed by atoms with Crippen LogP contribution in [0.5, 0.6) is 0 Å². The Kier molecular flexibility index (Phi) is 1.49. The van der Waals surface area contributed by atoms with Crippen molar-refractivity contribution < 1.29 is 9.21 Å². The lowest BCUT2D eigenvalue weighted by atomic mass is 10.1. The molecule has 11 heavy (non-hydrogen) atoms. The summed E-state index contributed by atoms with van der Waals surface area (Å²) in [6, 6.07) is 1.70. The van der Waals surface area contributed by atoms with Crippen molar-refractivity contribution in [1.82, 2.24) is 5.32 Å². The lowest BCUT2D eigenvalue weighted by Crippen LogP contribution is -2.30. The average molecular weight is 216 g/mol. The first-order valence-corrected chi connectivity index (χ1v) is 4.13. The molecule has 4 heteroatoms. The average Bonchev–Trinajstić information content (AvgIpc) is 2.31. The standard InChI is InChI=1S/C7H6BrNO2/c8-6-3-4-5(11-6)1-2-9-7(4)10/h3H,1-2H2,(H,9,10). The van der Waals surface area contributed by atoms with Crippen molar-refractivity contribution in [2.45, 2.75) is 6.42 Å². The molecule has 1 N–H and O–H groups in total. The molecule has 0 aromatic carbocycles. The highest BCUT2D eigenvalue weighted by Gasteiger charge is 2.20. The third-order valence-corrected chi connectivity index (χ3v) is 2.05. The lowest BCUT2D eigenvalue weighted by molar-refractivity contribution is 0.0943. The third-order valence-electron chi connectivity index (χ3n) is 1.66. The smallest absolute Gasteiger partial charge is 0.254 e. The van der Waals surface area contributed by atoms with Crippen LogP contribution >= 0.6 is 15.9 Å². The predicted octanol–water partition coefficient (Wildman–Crippen LogP) is 1.33. The molecule has 0 radical (unpaired) electrons. The minimum atomic E-state index is -0.0410. The summed E-state index contributed by atoms with van der Waals surface area (Å²) in [5.41, 5.74) is 0.656. The molecule has 1 aliphatic heterocycles. The number of hydrogen-bond donors (Lipinski definition) is 1. The summed E-state index contributed by atoms with van der Waals surface area (Å²) in [5.74, 6) is 0.737. The molecule has 0 aliphatic carbocycles. The van der Waals surface area contributed by atoms with E-state index in [1.807, 2.05) is 0 Å². The number of carbonyl (C=O) groups excluding carboxylic acids is 1. The first-order chi connectivity index (χ1) is 5.27. The van der Waals surface area contributed by atoms with Gasteiger partial charge < -0.3 is 9.73 Å². The monoisotopic (exact) mass is 215 g/mol. The zero-order chi connectivity index (χ0) is 7.84. The molecular weight excluding hydrogens is 210 g/mol. The van der Waals surface area contributed by atoms with Crippen LogP contribution in [0.25, 0.3) is 0 Å². The van der Waals surface area contributed by atoms with Gasteiger partial charge in [-0.25, -0.2) is 0 Å². The SMILES string of the molecule is O=C1NCCc2oc(Br)cc21. The molecule has 0 fully saturated rings. The number of nitrogens with one attached hydrogen (secondary N) is 1. The molecular formula is C7H6BrNO2. The molecule has 1 aromatic heterocycles. The topological polar surface area (TPSA) is 42.2 Å². The Labute approximate surface area is 71.9 Å². The van der Waals surface area contributed by atoms with Crippen LogP contribution in [0, 0.1) is 0 Å². The second kappa shape index (κ2) is 2.37. The molecule has 0 saturated heterocycles. The largest absolute Gasteiger partial charge is 0.453 e. The van der Waals surface area contributed by atoms with Gasteiger partial charge in [-0.1, -0.05) is 0 Å². The first kappa shape index (κ1) is 6.91. The summed E-state index contributed by atoms with van der Waals surface area (Å²) in [7, 11) is 0. The molecule has 58 valence electrons. The second-order valence-electron chi connectivity index (χ2n) is 2.39. The molecule has 0 unspecified atom stereocenters. The second-order valence-corrected chi connectivity index (χ2v) is 3.17. The maximum atomic E-state index is 11.1. The van der Waals surface area contributed by atoms with Gasteiger partial charge in [0.15, 0.2) is 4.67 Å². The van der Waals surface area contributed by atoms with Crippen molar-refractivity contribution in [3.63, 3.8) is 0 Å². The maximum Gasteiger partial charge on any atom is 0.254 e. The Morgan fingerprint density at radius 1 is 1.64 bits per heavy atom. The van der Waals surface area contributed by atoms with Gasteiger partial charge in [0.05, 0.1) is 5.56 Å². The van der Waals surface area contributed by atoms with Crippen molar-refractivity contribution in [3.8, 4) is 0 Å². The fraction of sp³-hybridized carbons (Fsp3) is 0.286. The highest BCUT2D eigenvalue weighted by molar-refractivity contribution is 9.10. The summed E-state index contributed by atoms with van der Waals surface area (Å²) in [5, 5.41) is 2.73. The highest BCUT2D eigenvalue weighted by Crippen LogP contribution is 2.22. The molecule has 0 spiro atoms. The zero-order valence-corrected chi connectivity index (χ0v) is 7.27. The minimum absolute atomic E-state index is 0.0410. The Morgan fingerprint density at radius 3 is 3.18 bits per heavy atom. The van der Waals surface area contributed by atoms with E-state index in [0.717, 1.165) is 12.2 Å². The number of hydrogen-bond acceptors (Lipinski definition) is 2. The number of carbonyl (C=O) groups is 1. The number of rotatable bonds is 0. The van der Waals surface area contributed by atoms with Gasteiger partial charge in [0.2, 0.25) is 0 Å². The van der Waals surface area contributed by atoms with Gasteiger partial charge in [-0.15, -0.1) is 0 Å². The number of furan rings is 1. The molecule has 1 aliphatic rings. The maximum absolute atomic E-state index is 11.1. The fourth-order valence-corrected chi connectivity index (χ4v) is 1.58. The summed E-state index contributed by atoms with van der Waals surface area (Å²) >= 11 is 3.17. The van der Waals surface area contributed by atoms with Crippen molar-refractivity contribution in [1.29, 1.82) is 0 Å². The normalized spacial score (nSPS) is 15.9. The van der Waals surface area contributed by atoms with Crippen LogP contribution in [0.4, 0.5) is 0 Å². The van der Waals surface area contributed by atoms with Crippen LogP contribution in [-0.4, -0.2) is 12.5 Å². The van der Waals surface area contributed by atoms with Crippen molar-refractivity contribution >= 4 is 21.8 Å². The summed E-state index contributed by atoms with van der Waals surface area (Å²) < 4.78 is 5.86. The molecule has 2 rings (SSSR count). The fourth-order valence-electron chi connectivity index (χ4n) is 1.16. The molecule has 0 atom stereocenters. The zero-order valence-electron chi connectivity index (χ0n) is 5.69. The van der Waals surface area contributed by atoms with E-state index in [0.29, 0.717) is 16.8 Å². The highest BCUT2D eigenvalue weighted by atomic mass is 79.9. The van der Waals surface area contributed by atoms with Gasteiger partial charge >= 0.3 is 0 Å². The van der Waals surface area contributed by atoms with E-state index in [1.165, 1.54) is 0 Å². The lowest BCUT2D eigenvalue weighted by Gasteiger charge is -2.09. The van der Waals surface area contributed by atoms with E-state index in [2.05, 4.69) is 21.2 Å². The van der Waals surface area contributed by atoms with Gasteiger partial charge in [0, 0.05) is 19.0 Å². The Balaban J connectivity index is 2.52. The minimum Gasteiger partial charge on any atom is -0.453 e. The summed E-state index contributed by atoms with van der Waals surface area (Å²) in [6.07, 6.45) is 0.784. The molecule has 0 saturated carbocycles. The Hall–Kier alpha value is -0.770. The van der Waals surface area contributed by atoms with E-state index in [9.17, 15) is 4.79 Å². The molecule has 3 nitrogen and oxygen atoms in total. The van der Waals surface area contributed by atoms with Gasteiger partial charge in [-0.2, -0.15) is 0 Å². The van der Waals surface area contributed by atoms with Crippen LogP contribution in [0.3, 0.4) is 0 Å². The van der Waals surface area contributed by atoms with Crippen molar-refractivity contribution in [2.75, 3.05) is 6.54 Å². The van der Waals surface area contributed by atoms with Gasteiger partial charge in [0.1, 0.15) is 5.76 Å². The predicted molar refractivity (Wildman–Crippen MR) is 42.4 cm³/mol. The van der Waals surface area contributed by atoms with Crippen LogP contribution in [-0.2, 0) is 6.42 Å². The first-order valence-electron chi connectivity index (χ1n) is 3.34. The van der Waals surface area contributed by atoms with E-state index in [1.54, 1.807) is 6.07 Å². The number of halogens is 1. The van der Waals surface area contributed by atoms with Crippen molar-refractivity contribution in [3.05, 3.63) is 22.1 Å². The van der Waals surface area contributed by atoms with Crippen LogP contribution < -0.4 is 5.32 Å². The van der Waals surface area contributed by atoms with E-state index in [-0.39, 0.29) is 5.91 Å². The van der Waals surface area contributed by atoms with E-state index < -0.39 is 0 Å². The van der Waals surface area contributed by atoms with E-state index >= 15 is 0 Å². The third kappa shape index (κ3) is 1.07. The quantitative estimate of drug-likeness (QED) is 0.710. The van der Waals surface area contributed by atoms with Crippen LogP contribution in [0.2, 0.25) is 0 Å². The van der Waals surface area contributed by atoms with Crippen LogP contribution in [0.15, 0.2) is 15.2 Å². The van der Waals surface area contributed by atoms with Gasteiger partial charge in [0.25, 0.3) is 5.91 Å². The summed E-state index contributed by atoms with van der Waals surface area (Å²) in [4.78, 5) is 11.1. The number of fused-ring (bicyclic) bond motifs is 1. The molecule has 2 heterocycles. The molecule has 1 aromatic rings. The van der Waals surface area contributed by atoms with Crippen LogP contribution in [0.1, 0.15) is 16.1 Å². The Bertz CT molecular complexity index is 305. The molecule has 0 bridgehead atoms. The Morgan fingerprint density at radius 2 is 2.45 bits per heavy atom. The molecule has 1 amide bonds. The number of amides is 1. The summed E-state index contributed by atoms with van der Waals surface area (Å²) in [6.45, 7) is 0.672. The van der Waals surface area contributed by atoms with Crippen molar-refractivity contribution in [2.24, 2.45) is 0 Å². The van der Waals surface area contributed by atoms with E-state index in [4.69, 9.17) is 4.42 Å². The van der Waals surface area contributed by atoms with Gasteiger partial charge in [-0.3, -0.25) is 4.79 Å². The van der Waals surface area contributed by atoms with Gasteiger partial charge in [-0.05, 0) is 15.9 Å².